The minimum absolute atomic E-state index is 0.134. The lowest BCUT2D eigenvalue weighted by atomic mass is 10.1. The summed E-state index contributed by atoms with van der Waals surface area (Å²) >= 11 is 0. The highest BCUT2D eigenvalue weighted by Crippen LogP contribution is 2.29. The van der Waals surface area contributed by atoms with Gasteiger partial charge in [0.15, 0.2) is 0 Å². The van der Waals surface area contributed by atoms with Crippen molar-refractivity contribution in [2.24, 2.45) is 0 Å². The van der Waals surface area contributed by atoms with Crippen LogP contribution in [-0.2, 0) is 6.18 Å². The maximum Gasteiger partial charge on any atom is 0.416 e. The van der Waals surface area contributed by atoms with Crippen LogP contribution in [0.15, 0.2) is 30.3 Å². The molecular weight excluding hydrogens is 215 g/mol. The van der Waals surface area contributed by atoms with E-state index in [1.165, 1.54) is 6.07 Å². The van der Waals surface area contributed by atoms with Gasteiger partial charge in [0.1, 0.15) is 0 Å². The largest absolute Gasteiger partial charge is 0.416 e. The molecule has 1 rings (SSSR count). The predicted molar refractivity (Wildman–Crippen MR) is 59.0 cm³/mol. The van der Waals surface area contributed by atoms with Crippen molar-refractivity contribution in [2.45, 2.75) is 19.1 Å². The molecule has 1 aromatic carbocycles. The van der Waals surface area contributed by atoms with Gasteiger partial charge in [-0.1, -0.05) is 24.3 Å². The van der Waals surface area contributed by atoms with Crippen LogP contribution in [0.25, 0.3) is 6.08 Å². The van der Waals surface area contributed by atoms with E-state index in [4.69, 9.17) is 0 Å². The molecule has 0 aromatic heterocycles. The van der Waals surface area contributed by atoms with Crippen molar-refractivity contribution in [1.29, 1.82) is 0 Å². The van der Waals surface area contributed by atoms with Gasteiger partial charge in [-0.05, 0) is 31.7 Å². The molecule has 0 aliphatic rings. The standard InChI is InChI=1S/C12H14F3N/c1-9(16-2)6-7-10-4-3-5-11(8-10)12(13,14)15/h3-9,16H,1-2H3/b7-6+. The fraction of sp³-hybridized carbons (Fsp3) is 0.333. The van der Waals surface area contributed by atoms with Crippen LogP contribution in [0, 0.1) is 0 Å². The molecule has 1 N–H and O–H groups in total. The van der Waals surface area contributed by atoms with E-state index in [0.717, 1.165) is 12.1 Å². The van der Waals surface area contributed by atoms with Gasteiger partial charge in [0.05, 0.1) is 5.56 Å². The number of hydrogen-bond donors (Lipinski definition) is 1. The van der Waals surface area contributed by atoms with Crippen molar-refractivity contribution in [1.82, 2.24) is 5.32 Å². The second-order valence-corrected chi connectivity index (χ2v) is 3.56. The van der Waals surface area contributed by atoms with E-state index >= 15 is 0 Å². The Labute approximate surface area is 93.0 Å². The molecule has 0 bridgehead atoms. The Balaban J connectivity index is 2.87. The third-order valence-corrected chi connectivity index (χ3v) is 2.25. The zero-order valence-corrected chi connectivity index (χ0v) is 9.18. The Kier molecular flexibility index (Phi) is 4.12. The summed E-state index contributed by atoms with van der Waals surface area (Å²) in [7, 11) is 1.79. The molecule has 16 heavy (non-hydrogen) atoms. The fourth-order valence-corrected chi connectivity index (χ4v) is 1.17. The van der Waals surface area contributed by atoms with E-state index in [2.05, 4.69) is 5.32 Å². The highest BCUT2D eigenvalue weighted by Gasteiger charge is 2.30. The van der Waals surface area contributed by atoms with Crippen molar-refractivity contribution in [3.63, 3.8) is 0 Å². The summed E-state index contributed by atoms with van der Waals surface area (Å²) in [5, 5.41) is 2.97. The Morgan fingerprint density at radius 3 is 2.56 bits per heavy atom. The summed E-state index contributed by atoms with van der Waals surface area (Å²) in [6.45, 7) is 1.92. The zero-order chi connectivity index (χ0) is 12.2. The average molecular weight is 229 g/mol. The van der Waals surface area contributed by atoms with Crippen LogP contribution in [0.1, 0.15) is 18.1 Å². The van der Waals surface area contributed by atoms with Crippen LogP contribution >= 0.6 is 0 Å². The Morgan fingerprint density at radius 2 is 2.00 bits per heavy atom. The third-order valence-electron chi connectivity index (χ3n) is 2.25. The first-order valence-corrected chi connectivity index (χ1v) is 4.96. The molecule has 1 aromatic rings. The second kappa shape index (κ2) is 5.16. The van der Waals surface area contributed by atoms with Crippen LogP contribution in [0.5, 0.6) is 0 Å². The highest BCUT2D eigenvalue weighted by molar-refractivity contribution is 5.51. The van der Waals surface area contributed by atoms with Crippen molar-refractivity contribution in [3.8, 4) is 0 Å². The van der Waals surface area contributed by atoms with Gasteiger partial charge in [-0.3, -0.25) is 0 Å². The van der Waals surface area contributed by atoms with Gasteiger partial charge in [-0.15, -0.1) is 0 Å². The van der Waals surface area contributed by atoms with Crippen LogP contribution in [0.2, 0.25) is 0 Å². The Hall–Kier alpha value is -1.29. The first kappa shape index (κ1) is 12.8. The quantitative estimate of drug-likeness (QED) is 0.838. The number of rotatable bonds is 3. The van der Waals surface area contributed by atoms with Crippen LogP contribution in [0.3, 0.4) is 0 Å². The first-order chi connectivity index (χ1) is 7.43. The molecule has 0 fully saturated rings. The number of likely N-dealkylation sites (N-methyl/N-ethyl adjacent to an activating group) is 1. The van der Waals surface area contributed by atoms with Gasteiger partial charge in [-0.2, -0.15) is 13.2 Å². The summed E-state index contributed by atoms with van der Waals surface area (Å²) in [5.74, 6) is 0. The van der Waals surface area contributed by atoms with Crippen molar-refractivity contribution in [3.05, 3.63) is 41.5 Å². The molecule has 0 radical (unpaired) electrons. The monoisotopic (exact) mass is 229 g/mol. The maximum atomic E-state index is 12.4. The molecule has 88 valence electrons. The molecule has 4 heteroatoms. The average Bonchev–Trinajstić information content (AvgIpc) is 2.25. The summed E-state index contributed by atoms with van der Waals surface area (Å²) in [6.07, 6.45) is -0.787. The minimum Gasteiger partial charge on any atom is -0.314 e. The smallest absolute Gasteiger partial charge is 0.314 e. The van der Waals surface area contributed by atoms with E-state index in [9.17, 15) is 13.2 Å². The zero-order valence-electron chi connectivity index (χ0n) is 9.18. The van der Waals surface area contributed by atoms with Gasteiger partial charge in [0.2, 0.25) is 0 Å². The van der Waals surface area contributed by atoms with Crippen LogP contribution < -0.4 is 5.32 Å². The van der Waals surface area contributed by atoms with E-state index in [0.29, 0.717) is 5.56 Å². The molecule has 1 atom stereocenters. The summed E-state index contributed by atoms with van der Waals surface area (Å²) in [5.41, 5.74) is -0.0660. The normalized spacial score (nSPS) is 14.3. The molecule has 0 amide bonds. The van der Waals surface area contributed by atoms with Crippen molar-refractivity contribution in [2.75, 3.05) is 7.05 Å². The number of nitrogens with one attached hydrogen (secondary N) is 1. The second-order valence-electron chi connectivity index (χ2n) is 3.56. The molecule has 0 spiro atoms. The van der Waals surface area contributed by atoms with Crippen LogP contribution in [-0.4, -0.2) is 13.1 Å². The lowest BCUT2D eigenvalue weighted by Gasteiger charge is -2.07. The van der Waals surface area contributed by atoms with E-state index in [1.807, 2.05) is 13.0 Å². The molecule has 0 heterocycles. The molecule has 0 saturated carbocycles. The van der Waals surface area contributed by atoms with Crippen LogP contribution in [0.4, 0.5) is 13.2 Å². The Bertz CT molecular complexity index is 369. The molecule has 0 saturated heterocycles. The maximum absolute atomic E-state index is 12.4. The SMILES string of the molecule is CNC(C)/C=C/c1cccc(C(F)(F)F)c1. The highest BCUT2D eigenvalue weighted by atomic mass is 19.4. The molecular formula is C12H14F3N. The van der Waals surface area contributed by atoms with Crippen molar-refractivity contribution < 1.29 is 13.2 Å². The van der Waals surface area contributed by atoms with Gasteiger partial charge >= 0.3 is 6.18 Å². The van der Waals surface area contributed by atoms with E-state index in [-0.39, 0.29) is 6.04 Å². The predicted octanol–water partition coefficient (Wildman–Crippen LogP) is 3.33. The molecule has 0 aliphatic carbocycles. The lowest BCUT2D eigenvalue weighted by Crippen LogP contribution is -2.17. The number of hydrogen-bond acceptors (Lipinski definition) is 1. The van der Waals surface area contributed by atoms with Gasteiger partial charge in [0, 0.05) is 6.04 Å². The molecule has 1 nitrogen and oxygen atoms in total. The Morgan fingerprint density at radius 1 is 1.31 bits per heavy atom. The third kappa shape index (κ3) is 3.70. The summed E-state index contributed by atoms with van der Waals surface area (Å²) < 4.78 is 37.2. The van der Waals surface area contributed by atoms with E-state index in [1.54, 1.807) is 19.2 Å². The van der Waals surface area contributed by atoms with E-state index < -0.39 is 11.7 Å². The topological polar surface area (TPSA) is 12.0 Å². The summed E-state index contributed by atoms with van der Waals surface area (Å²) in [6, 6.07) is 5.40. The van der Waals surface area contributed by atoms with Gasteiger partial charge in [-0.25, -0.2) is 0 Å². The van der Waals surface area contributed by atoms with Crippen molar-refractivity contribution >= 4 is 6.08 Å². The number of alkyl halides is 3. The van der Waals surface area contributed by atoms with Gasteiger partial charge in [0.25, 0.3) is 0 Å². The first-order valence-electron chi connectivity index (χ1n) is 4.96. The minimum atomic E-state index is -4.28. The number of benzene rings is 1. The molecule has 1 unspecified atom stereocenters. The van der Waals surface area contributed by atoms with Gasteiger partial charge < -0.3 is 5.32 Å². The lowest BCUT2D eigenvalue weighted by molar-refractivity contribution is -0.137. The summed E-state index contributed by atoms with van der Waals surface area (Å²) in [4.78, 5) is 0. The fourth-order valence-electron chi connectivity index (χ4n) is 1.17. The molecule has 0 aliphatic heterocycles. The number of halogens is 3.